The highest BCUT2D eigenvalue weighted by Gasteiger charge is 2.43. The van der Waals surface area contributed by atoms with E-state index in [0.29, 0.717) is 11.6 Å². The maximum atomic E-state index is 15.1. The number of cyclic esters (lactones) is 1. The minimum atomic E-state index is -1.22. The number of thiazole rings is 1. The van der Waals surface area contributed by atoms with Gasteiger partial charge in [0.2, 0.25) is 0 Å². The second kappa shape index (κ2) is 10.7. The van der Waals surface area contributed by atoms with E-state index < -0.39 is 29.4 Å². The van der Waals surface area contributed by atoms with E-state index >= 15 is 4.39 Å². The summed E-state index contributed by atoms with van der Waals surface area (Å²) in [6, 6.07) is 0. The predicted octanol–water partition coefficient (Wildman–Crippen LogP) is 5.02. The van der Waals surface area contributed by atoms with Crippen molar-refractivity contribution in [2.75, 3.05) is 0 Å². The van der Waals surface area contributed by atoms with Crippen molar-refractivity contribution in [3.05, 3.63) is 21.9 Å². The molecule has 33 heavy (non-hydrogen) atoms. The van der Waals surface area contributed by atoms with Crippen LogP contribution in [-0.4, -0.2) is 46.3 Å². The van der Waals surface area contributed by atoms with E-state index in [9.17, 15) is 14.7 Å². The molecule has 1 unspecified atom stereocenters. The number of fused-ring (bicyclic) bond motifs is 1. The molecule has 0 spiro atoms. The highest BCUT2D eigenvalue weighted by Crippen LogP contribution is 2.36. The number of rotatable bonds is 2. The third-order valence-corrected chi connectivity index (χ3v) is 7.65. The summed E-state index contributed by atoms with van der Waals surface area (Å²) in [6.45, 7) is 9.16. The van der Waals surface area contributed by atoms with Crippen LogP contribution >= 0.6 is 11.3 Å². The number of ketones is 1. The van der Waals surface area contributed by atoms with E-state index in [-0.39, 0.29) is 36.8 Å². The minimum absolute atomic E-state index is 0.0317. The fourth-order valence-electron chi connectivity index (χ4n) is 4.66. The van der Waals surface area contributed by atoms with Gasteiger partial charge in [0.1, 0.15) is 11.6 Å². The summed E-state index contributed by atoms with van der Waals surface area (Å²) in [6.07, 6.45) is 2.18. The number of aliphatic hydroxyl groups is 1. The summed E-state index contributed by atoms with van der Waals surface area (Å²) in [5, 5.41) is 13.3. The van der Waals surface area contributed by atoms with Crippen LogP contribution in [-0.2, 0) is 19.1 Å². The average Bonchev–Trinajstić information content (AvgIpc) is 3.34. The largest absolute Gasteiger partial charge is 0.455 e. The van der Waals surface area contributed by atoms with Crippen LogP contribution in [0.1, 0.15) is 76.9 Å². The Labute approximate surface area is 199 Å². The number of hydrogen-bond acceptors (Lipinski definition) is 7. The number of hydrogen-bond donors (Lipinski definition) is 1. The maximum absolute atomic E-state index is 15.1. The van der Waals surface area contributed by atoms with E-state index in [0.717, 1.165) is 30.7 Å². The summed E-state index contributed by atoms with van der Waals surface area (Å²) in [5.41, 5.74) is -0.636. The van der Waals surface area contributed by atoms with Crippen LogP contribution in [0.4, 0.5) is 4.39 Å². The topological polar surface area (TPSA) is 89.0 Å². The third-order valence-electron chi connectivity index (χ3n) is 6.86. The molecule has 3 heterocycles. The first-order valence-corrected chi connectivity index (χ1v) is 12.7. The number of nitrogens with zero attached hydrogens (tertiary/aromatic N) is 1. The fraction of sp³-hybridized carbons (Fsp3) is 0.720. The van der Waals surface area contributed by atoms with Crippen molar-refractivity contribution in [3.63, 3.8) is 0 Å². The van der Waals surface area contributed by atoms with Crippen LogP contribution in [0.3, 0.4) is 0 Å². The fourth-order valence-corrected chi connectivity index (χ4v) is 5.23. The number of carbonyl (C=O) groups is 2. The monoisotopic (exact) mass is 481 g/mol. The lowest BCUT2D eigenvalue weighted by atomic mass is 9.74. The van der Waals surface area contributed by atoms with Gasteiger partial charge in [-0.15, -0.1) is 11.3 Å². The van der Waals surface area contributed by atoms with E-state index in [1.165, 1.54) is 17.4 Å². The summed E-state index contributed by atoms with van der Waals surface area (Å²) >= 11 is 1.41. The van der Waals surface area contributed by atoms with E-state index in [1.807, 2.05) is 13.8 Å². The van der Waals surface area contributed by atoms with Crippen molar-refractivity contribution in [2.45, 2.75) is 97.6 Å². The zero-order valence-corrected chi connectivity index (χ0v) is 21.0. The molecule has 0 radical (unpaired) electrons. The molecule has 2 saturated heterocycles. The summed E-state index contributed by atoms with van der Waals surface area (Å²) < 4.78 is 26.3. The van der Waals surface area contributed by atoms with E-state index in [4.69, 9.17) is 9.47 Å². The Morgan fingerprint density at radius 3 is 2.64 bits per heavy atom. The molecule has 0 bridgehead atoms. The molecule has 0 saturated carbocycles. The molecule has 1 aromatic rings. The summed E-state index contributed by atoms with van der Waals surface area (Å²) in [5.74, 6) is -1.28. The lowest BCUT2D eigenvalue weighted by Crippen LogP contribution is -2.42. The van der Waals surface area contributed by atoms with Crippen molar-refractivity contribution >= 4 is 29.2 Å². The molecule has 1 N–H and O–H groups in total. The summed E-state index contributed by atoms with van der Waals surface area (Å²) in [7, 11) is 0. The second-order valence-electron chi connectivity index (χ2n) is 10.2. The number of epoxide rings is 1. The summed E-state index contributed by atoms with van der Waals surface area (Å²) in [4.78, 5) is 30.0. The first-order chi connectivity index (χ1) is 15.5. The molecular formula is C25H36FNO5S. The van der Waals surface area contributed by atoms with Gasteiger partial charge in [-0.25, -0.2) is 9.37 Å². The number of aryl methyl sites for hydroxylation is 1. The first-order valence-electron chi connectivity index (χ1n) is 11.8. The number of ether oxygens (including phenoxy) is 2. The van der Waals surface area contributed by atoms with Gasteiger partial charge in [0.15, 0.2) is 6.10 Å². The van der Waals surface area contributed by atoms with Gasteiger partial charge in [0.05, 0.1) is 40.8 Å². The molecule has 2 aliphatic heterocycles. The number of aliphatic hydroxyl groups excluding tert-OH is 1. The number of aromatic nitrogens is 1. The molecule has 6 atom stereocenters. The zero-order valence-electron chi connectivity index (χ0n) is 20.2. The molecule has 2 fully saturated rings. The van der Waals surface area contributed by atoms with E-state index in [2.05, 4.69) is 11.9 Å². The molecule has 0 aliphatic carbocycles. The van der Waals surface area contributed by atoms with Crippen LogP contribution in [0.25, 0.3) is 6.08 Å². The lowest BCUT2D eigenvalue weighted by molar-refractivity contribution is -0.154. The van der Waals surface area contributed by atoms with Crippen molar-refractivity contribution in [2.24, 2.45) is 17.3 Å². The van der Waals surface area contributed by atoms with Gasteiger partial charge in [-0.05, 0) is 31.8 Å². The maximum Gasteiger partial charge on any atom is 0.309 e. The van der Waals surface area contributed by atoms with Gasteiger partial charge in [-0.3, -0.25) is 9.59 Å². The van der Waals surface area contributed by atoms with Gasteiger partial charge in [-0.2, -0.15) is 0 Å². The highest BCUT2D eigenvalue weighted by atomic mass is 32.1. The quantitative estimate of drug-likeness (QED) is 0.471. The molecular weight excluding hydrogens is 445 g/mol. The second-order valence-corrected chi connectivity index (χ2v) is 11.3. The van der Waals surface area contributed by atoms with Gasteiger partial charge >= 0.3 is 5.97 Å². The SMILES string of the molecule is Cc1nc(/C=C(\F)C2C[C@H]3O[C@@H]3CCC[C@H](C)C[C@@H](C)C(=O)C(C)(C)[C@@H](O)CC(=O)O2)cs1. The number of Topliss-reactive ketones (excluding diaryl/α,β-unsaturated/α-hetero) is 1. The van der Waals surface area contributed by atoms with Crippen molar-refractivity contribution in [3.8, 4) is 0 Å². The smallest absolute Gasteiger partial charge is 0.309 e. The van der Waals surface area contributed by atoms with Crippen LogP contribution < -0.4 is 0 Å². The van der Waals surface area contributed by atoms with Gasteiger partial charge in [-0.1, -0.05) is 40.5 Å². The van der Waals surface area contributed by atoms with Gasteiger partial charge in [0, 0.05) is 17.7 Å². The number of halogens is 1. The highest BCUT2D eigenvalue weighted by molar-refractivity contribution is 7.09. The van der Waals surface area contributed by atoms with Crippen LogP contribution in [0.5, 0.6) is 0 Å². The first kappa shape index (κ1) is 26.0. The Bertz CT molecular complexity index is 882. The van der Waals surface area contributed by atoms with E-state index in [1.54, 1.807) is 19.2 Å². The van der Waals surface area contributed by atoms with Crippen molar-refractivity contribution in [1.29, 1.82) is 0 Å². The molecule has 0 amide bonds. The van der Waals surface area contributed by atoms with Crippen LogP contribution in [0.15, 0.2) is 11.2 Å². The van der Waals surface area contributed by atoms with Crippen molar-refractivity contribution in [1.82, 2.24) is 4.98 Å². The molecule has 1 aromatic heterocycles. The van der Waals surface area contributed by atoms with Gasteiger partial charge in [0.25, 0.3) is 0 Å². The lowest BCUT2D eigenvalue weighted by Gasteiger charge is -2.32. The normalized spacial score (nSPS) is 34.5. The van der Waals surface area contributed by atoms with Crippen LogP contribution in [0, 0.1) is 24.2 Å². The minimum Gasteiger partial charge on any atom is -0.455 e. The predicted molar refractivity (Wildman–Crippen MR) is 125 cm³/mol. The Balaban J connectivity index is 1.79. The molecule has 2 aliphatic rings. The standard InChI is InChI=1S/C25H36FNO5S/c1-14-7-6-8-19-21(31-19)11-20(18(26)10-17-13-33-16(3)27-17)32-23(29)12-22(28)25(4,5)24(30)15(2)9-14/h10,13-15,19-22,28H,6-9,11-12H2,1-5H3/b18-10-/t14-,15+,19+,20?,21+,22-/m0/s1. The Morgan fingerprint density at radius 2 is 1.97 bits per heavy atom. The number of carbonyl (C=O) groups excluding carboxylic acids is 2. The third kappa shape index (κ3) is 6.93. The Hall–Kier alpha value is -1.64. The number of esters is 1. The molecule has 184 valence electrons. The Kier molecular flexibility index (Phi) is 8.45. The van der Waals surface area contributed by atoms with Gasteiger partial charge < -0.3 is 14.6 Å². The molecule has 6 nitrogen and oxygen atoms in total. The average molecular weight is 482 g/mol. The molecule has 0 aromatic carbocycles. The van der Waals surface area contributed by atoms with Crippen molar-refractivity contribution < 1.29 is 28.6 Å². The molecule has 8 heteroatoms. The Morgan fingerprint density at radius 1 is 1.24 bits per heavy atom. The zero-order chi connectivity index (χ0) is 24.3. The van der Waals surface area contributed by atoms with Crippen LogP contribution in [0.2, 0.25) is 0 Å². The molecule has 3 rings (SSSR count).